The lowest BCUT2D eigenvalue weighted by Crippen LogP contribution is -2.42. The minimum atomic E-state index is -3.89. The molecule has 1 heterocycles. The summed E-state index contributed by atoms with van der Waals surface area (Å²) >= 11 is 5.96. The average molecular weight is 335 g/mol. The van der Waals surface area contributed by atoms with Gasteiger partial charge in [0, 0.05) is 29.2 Å². The van der Waals surface area contributed by atoms with Gasteiger partial charge in [-0.2, -0.15) is 4.31 Å². The summed E-state index contributed by atoms with van der Waals surface area (Å²) in [6.07, 6.45) is 1.54. The first kappa shape index (κ1) is 16.7. The van der Waals surface area contributed by atoms with Crippen molar-refractivity contribution in [3.05, 3.63) is 28.5 Å². The Labute approximate surface area is 130 Å². The van der Waals surface area contributed by atoms with Crippen LogP contribution in [0.2, 0.25) is 5.02 Å². The van der Waals surface area contributed by atoms with Gasteiger partial charge in [-0.1, -0.05) is 11.6 Å². The fraction of sp³-hybridized carbons (Fsp3) is 0.571. The molecule has 0 aliphatic carbocycles. The zero-order chi connectivity index (χ0) is 15.8. The molecule has 7 heteroatoms. The van der Waals surface area contributed by atoms with Crippen LogP contribution in [-0.2, 0) is 16.6 Å². The van der Waals surface area contributed by atoms with Gasteiger partial charge in [0.15, 0.2) is 0 Å². The molecule has 1 aliphatic heterocycles. The van der Waals surface area contributed by atoms with Crippen LogP contribution in [0.15, 0.2) is 17.0 Å². The fourth-order valence-electron chi connectivity index (χ4n) is 2.77. The number of halogens is 2. The molecule has 21 heavy (non-hydrogen) atoms. The lowest BCUT2D eigenvalue weighted by Gasteiger charge is -2.30. The molecule has 1 N–H and O–H groups in total. The zero-order valence-corrected chi connectivity index (χ0v) is 14.0. The third kappa shape index (κ3) is 3.08. The molecule has 0 amide bonds. The number of sulfonamides is 1. The topological polar surface area (TPSA) is 49.4 Å². The largest absolute Gasteiger partial charge is 0.316 e. The quantitative estimate of drug-likeness (QED) is 0.921. The first-order valence-electron chi connectivity index (χ1n) is 6.85. The average Bonchev–Trinajstić information content (AvgIpc) is 2.74. The Morgan fingerprint density at radius 3 is 2.62 bits per heavy atom. The molecule has 1 aliphatic rings. The third-order valence-electron chi connectivity index (χ3n) is 3.84. The molecule has 1 saturated heterocycles. The van der Waals surface area contributed by atoms with E-state index in [0.29, 0.717) is 6.54 Å². The maximum Gasteiger partial charge on any atom is 0.246 e. The van der Waals surface area contributed by atoms with Crippen LogP contribution in [-0.4, -0.2) is 31.9 Å². The van der Waals surface area contributed by atoms with Crippen molar-refractivity contribution in [2.45, 2.75) is 43.7 Å². The van der Waals surface area contributed by atoms with Gasteiger partial charge in [0.2, 0.25) is 10.0 Å². The molecule has 1 aromatic rings. The fourth-order valence-corrected chi connectivity index (χ4v) is 5.06. The second-order valence-corrected chi connectivity index (χ2v) is 8.17. The SMILES string of the molecule is CNCc1cc(Cl)cc(S(=O)(=O)N2CCCC2(C)C)c1F. The summed E-state index contributed by atoms with van der Waals surface area (Å²) < 4.78 is 41.5. The van der Waals surface area contributed by atoms with Gasteiger partial charge >= 0.3 is 0 Å². The van der Waals surface area contributed by atoms with Gasteiger partial charge in [0.1, 0.15) is 10.7 Å². The monoisotopic (exact) mass is 334 g/mol. The summed E-state index contributed by atoms with van der Waals surface area (Å²) in [6.45, 7) is 4.34. The summed E-state index contributed by atoms with van der Waals surface area (Å²) in [5.74, 6) is -0.726. The first-order valence-corrected chi connectivity index (χ1v) is 8.67. The van der Waals surface area contributed by atoms with Gasteiger partial charge in [-0.05, 0) is 45.9 Å². The molecule has 4 nitrogen and oxygen atoms in total. The molecular formula is C14H20ClFN2O2S. The predicted molar refractivity (Wildman–Crippen MR) is 81.4 cm³/mol. The Morgan fingerprint density at radius 2 is 2.10 bits per heavy atom. The van der Waals surface area contributed by atoms with Crippen molar-refractivity contribution in [2.24, 2.45) is 0 Å². The van der Waals surface area contributed by atoms with Crippen molar-refractivity contribution in [1.29, 1.82) is 0 Å². The number of nitrogens with zero attached hydrogens (tertiary/aromatic N) is 1. The molecule has 0 radical (unpaired) electrons. The van der Waals surface area contributed by atoms with Gasteiger partial charge < -0.3 is 5.32 Å². The van der Waals surface area contributed by atoms with Gasteiger partial charge in [-0.3, -0.25) is 0 Å². The zero-order valence-electron chi connectivity index (χ0n) is 12.4. The lowest BCUT2D eigenvalue weighted by molar-refractivity contribution is 0.290. The van der Waals surface area contributed by atoms with Crippen LogP contribution in [0.1, 0.15) is 32.3 Å². The van der Waals surface area contributed by atoms with Crippen LogP contribution in [0, 0.1) is 5.82 Å². The molecule has 118 valence electrons. The Kier molecular flexibility index (Phi) is 4.63. The van der Waals surface area contributed by atoms with Gasteiger partial charge in [-0.25, -0.2) is 12.8 Å². The third-order valence-corrected chi connectivity index (χ3v) is 6.17. The predicted octanol–water partition coefficient (Wildman–Crippen LogP) is 2.76. The van der Waals surface area contributed by atoms with E-state index in [2.05, 4.69) is 5.32 Å². The number of nitrogens with one attached hydrogen (secondary N) is 1. The summed E-state index contributed by atoms with van der Waals surface area (Å²) in [4.78, 5) is -0.338. The highest BCUT2D eigenvalue weighted by Crippen LogP contribution is 2.36. The van der Waals surface area contributed by atoms with E-state index in [-0.39, 0.29) is 22.0 Å². The maximum atomic E-state index is 14.5. The van der Waals surface area contributed by atoms with Crippen molar-refractivity contribution < 1.29 is 12.8 Å². The van der Waals surface area contributed by atoms with E-state index >= 15 is 0 Å². The highest BCUT2D eigenvalue weighted by molar-refractivity contribution is 7.89. The van der Waals surface area contributed by atoms with Crippen molar-refractivity contribution in [3.8, 4) is 0 Å². The molecule has 0 aromatic heterocycles. The molecule has 0 spiro atoms. The standard InChI is InChI=1S/C14H20ClFN2O2S/c1-14(2)5-4-6-18(14)21(19,20)12-8-11(15)7-10(9-17-3)13(12)16/h7-8,17H,4-6,9H2,1-3H3. The Hall–Kier alpha value is -0.690. The van der Waals surface area contributed by atoms with E-state index in [1.54, 1.807) is 7.05 Å². The molecule has 2 rings (SSSR count). The number of rotatable bonds is 4. The molecular weight excluding hydrogens is 315 g/mol. The number of benzene rings is 1. The van der Waals surface area contributed by atoms with Gasteiger partial charge in [-0.15, -0.1) is 0 Å². The lowest BCUT2D eigenvalue weighted by atomic mass is 10.0. The van der Waals surface area contributed by atoms with Crippen LogP contribution in [0.3, 0.4) is 0 Å². The van der Waals surface area contributed by atoms with Crippen molar-refractivity contribution >= 4 is 21.6 Å². The first-order chi connectivity index (χ1) is 9.70. The van der Waals surface area contributed by atoms with Crippen LogP contribution in [0.5, 0.6) is 0 Å². The summed E-state index contributed by atoms with van der Waals surface area (Å²) in [7, 11) is -2.23. The Bertz CT molecular complexity index is 647. The molecule has 0 saturated carbocycles. The molecule has 0 atom stereocenters. The number of hydrogen-bond acceptors (Lipinski definition) is 3. The van der Waals surface area contributed by atoms with E-state index in [0.717, 1.165) is 12.8 Å². The van der Waals surface area contributed by atoms with Crippen molar-refractivity contribution in [1.82, 2.24) is 9.62 Å². The van der Waals surface area contributed by atoms with E-state index in [4.69, 9.17) is 11.6 Å². The second-order valence-electron chi connectivity index (χ2n) is 5.90. The van der Waals surface area contributed by atoms with Gasteiger partial charge in [0.25, 0.3) is 0 Å². The van der Waals surface area contributed by atoms with Crippen LogP contribution in [0.25, 0.3) is 0 Å². The maximum absolute atomic E-state index is 14.5. The van der Waals surface area contributed by atoms with E-state index < -0.39 is 21.4 Å². The van der Waals surface area contributed by atoms with Crippen LogP contribution < -0.4 is 5.32 Å². The minimum absolute atomic E-state index is 0.220. The molecule has 0 bridgehead atoms. The molecule has 1 fully saturated rings. The Morgan fingerprint density at radius 1 is 1.43 bits per heavy atom. The summed E-state index contributed by atoms with van der Waals surface area (Å²) in [6, 6.07) is 2.64. The van der Waals surface area contributed by atoms with Crippen LogP contribution in [0.4, 0.5) is 4.39 Å². The van der Waals surface area contributed by atoms with Crippen LogP contribution >= 0.6 is 11.6 Å². The normalized spacial score (nSPS) is 19.1. The van der Waals surface area contributed by atoms with E-state index in [1.165, 1.54) is 16.4 Å². The highest BCUT2D eigenvalue weighted by atomic mass is 35.5. The van der Waals surface area contributed by atoms with Crippen molar-refractivity contribution in [3.63, 3.8) is 0 Å². The second kappa shape index (κ2) is 5.83. The van der Waals surface area contributed by atoms with Crippen molar-refractivity contribution in [2.75, 3.05) is 13.6 Å². The Balaban J connectivity index is 2.55. The molecule has 0 unspecified atom stereocenters. The molecule has 1 aromatic carbocycles. The van der Waals surface area contributed by atoms with E-state index in [9.17, 15) is 12.8 Å². The number of hydrogen-bond donors (Lipinski definition) is 1. The smallest absolute Gasteiger partial charge is 0.246 e. The van der Waals surface area contributed by atoms with E-state index in [1.807, 2.05) is 13.8 Å². The minimum Gasteiger partial charge on any atom is -0.316 e. The summed E-state index contributed by atoms with van der Waals surface area (Å²) in [5.41, 5.74) is -0.253. The summed E-state index contributed by atoms with van der Waals surface area (Å²) in [5, 5.41) is 3.03. The van der Waals surface area contributed by atoms with Gasteiger partial charge in [0.05, 0.1) is 0 Å². The highest BCUT2D eigenvalue weighted by Gasteiger charge is 2.42.